The Balaban J connectivity index is 0.000000190. The normalized spacial score (nSPS) is 27.0. The Morgan fingerprint density at radius 2 is 0.473 bits per heavy atom. The molecule has 8 aliphatic rings. The zero-order valence-electron chi connectivity index (χ0n) is 83.6. The minimum atomic E-state index is -4.06. The molecule has 0 saturated carbocycles. The van der Waals surface area contributed by atoms with Crippen LogP contribution in [0.1, 0.15) is 145 Å². The summed E-state index contributed by atoms with van der Waals surface area (Å²) in [4.78, 5) is 114. The molecule has 0 radical (unpaired) electrons. The van der Waals surface area contributed by atoms with E-state index in [9.17, 15) is 75.7 Å². The van der Waals surface area contributed by atoms with Crippen molar-refractivity contribution in [3.63, 3.8) is 0 Å². The zero-order valence-corrected chi connectivity index (χ0v) is 90.8. The van der Waals surface area contributed by atoms with Crippen LogP contribution < -0.4 is 40.7 Å². The van der Waals surface area contributed by atoms with Crippen LogP contribution in [0, 0.1) is 0 Å². The largest absolute Gasteiger partial charge is 0.431 e. The van der Waals surface area contributed by atoms with Gasteiger partial charge in [0.1, 0.15) is 23.3 Å². The van der Waals surface area contributed by atoms with Gasteiger partial charge in [0.15, 0.2) is 0 Å². The lowest BCUT2D eigenvalue weighted by Crippen LogP contribution is -2.25. The van der Waals surface area contributed by atoms with E-state index in [0.29, 0.717) is 53.0 Å². The number of nitrogens with one attached hydrogen (secondary N) is 8. The van der Waals surface area contributed by atoms with Crippen molar-refractivity contribution in [2.75, 3.05) is 93.6 Å². The molecule has 16 N–H and O–H groups in total. The summed E-state index contributed by atoms with van der Waals surface area (Å²) in [5.74, 6) is 1.16. The minimum absolute atomic E-state index is 0.0848. The molecule has 0 bridgehead atoms. The predicted octanol–water partition coefficient (Wildman–Crippen LogP) is 18.0. The Morgan fingerprint density at radius 1 is 0.273 bits per heavy atom. The van der Waals surface area contributed by atoms with Gasteiger partial charge in [-0.25, -0.2) is 56.5 Å². The molecular formula is C88H134N22O32P8. The van der Waals surface area contributed by atoms with Crippen molar-refractivity contribution in [2.45, 2.75) is 255 Å². The van der Waals surface area contributed by atoms with Gasteiger partial charge in [0.2, 0.25) is 0 Å². The van der Waals surface area contributed by atoms with Gasteiger partial charge in [0, 0.05) is 59.4 Å². The number of pyridine rings is 8. The highest BCUT2D eigenvalue weighted by Crippen LogP contribution is 2.50. The van der Waals surface area contributed by atoms with Crippen molar-refractivity contribution >= 4 is 108 Å². The Labute approximate surface area is 868 Å². The highest BCUT2D eigenvalue weighted by atomic mass is 31.2. The summed E-state index contributed by atoms with van der Waals surface area (Å²) in [6.45, 7) is 15.9. The number of hydrogen-bond acceptors (Lipinski definition) is 34. The van der Waals surface area contributed by atoms with E-state index in [4.69, 9.17) is 85.1 Å². The fraction of sp³-hybridized carbons (Fsp3) is 0.545. The standard InChI is InChI=1S/2C11H16N5O4P.6C11H17N2O4P/c1-8-5-10(14-16-12)11(20-8)7-19-21(17,18)15-9-3-2-4-13-6-9;1-8-6-9(14-16-12)10(20-8)7-19-21(17,18)15-11-4-2-3-5-13-11;3*1-9-4-5-11(17-9)8-16-18(14,15)13-10-3-2-6-12-7-10;3*1-9-5-6-10(17-9)8-16-18(14,15)13-11-4-2-3-7-12-11/h2-4,6,8,10-11H,5,7H2,1H3,(H2,15,17,18);2-5,8-10H,6-7H2,1H3,(H2,13,15,17,18);3*2-3,6-7,9,11H,4-5,8H2,1H3,(H2,13,14,15);3*2-4,7,9-10H,5-6,8H2,1H3,(H2,12,13,14,15)/t8-,10?,11+;8-,9?,10+;3*9-,11-;3*9-,10-/m00000000/s1. The van der Waals surface area contributed by atoms with Gasteiger partial charge in [-0.05, 0) is 253 Å². The smallest absolute Gasteiger partial charge is 0.373 e. The number of anilines is 8. The summed E-state index contributed by atoms with van der Waals surface area (Å²) in [7, 11) is -31.3. The molecule has 8 aliphatic heterocycles. The molecule has 8 saturated heterocycles. The van der Waals surface area contributed by atoms with Crippen LogP contribution in [0.3, 0.4) is 0 Å². The van der Waals surface area contributed by atoms with Crippen LogP contribution in [0.15, 0.2) is 206 Å². The van der Waals surface area contributed by atoms with Crippen LogP contribution in [0.25, 0.3) is 20.9 Å². The Morgan fingerprint density at radius 3 is 0.640 bits per heavy atom. The van der Waals surface area contributed by atoms with Gasteiger partial charge in [-0.3, -0.25) is 96.8 Å². The molecule has 54 nitrogen and oxygen atoms in total. The highest BCUT2D eigenvalue weighted by Gasteiger charge is 2.39. The fourth-order valence-electron chi connectivity index (χ4n) is 15.0. The minimum Gasteiger partial charge on any atom is -0.373 e. The number of ether oxygens (including phenoxy) is 8. The Bertz CT molecular complexity index is 5040. The maximum absolute atomic E-state index is 11.9. The monoisotopic (exact) mass is 2260 g/mol. The number of hydrogen-bond donors (Lipinski definition) is 16. The van der Waals surface area contributed by atoms with Gasteiger partial charge < -0.3 is 77.0 Å². The molecule has 16 rings (SSSR count). The summed E-state index contributed by atoms with van der Waals surface area (Å²) in [6, 6.07) is 32.4. The molecular weight excluding hydrogens is 2120 g/mol. The Hall–Kier alpha value is -8.90. The Kier molecular flexibility index (Phi) is 52.5. The van der Waals surface area contributed by atoms with Crippen LogP contribution in [0.4, 0.5) is 46.0 Å². The second kappa shape index (κ2) is 63.2. The molecule has 62 heteroatoms. The lowest BCUT2D eigenvalue weighted by Gasteiger charge is -2.18. The van der Waals surface area contributed by atoms with Crippen molar-refractivity contribution in [1.82, 2.24) is 39.9 Å². The molecule has 16 heterocycles. The van der Waals surface area contributed by atoms with E-state index in [1.165, 1.54) is 49.6 Å². The first-order chi connectivity index (χ1) is 71.3. The topological polar surface area (TPSA) is 743 Å². The molecule has 8 fully saturated rings. The van der Waals surface area contributed by atoms with E-state index in [2.05, 4.69) is 101 Å². The first-order valence-electron chi connectivity index (χ1n) is 47.9. The van der Waals surface area contributed by atoms with Gasteiger partial charge in [-0.2, -0.15) is 0 Å². The van der Waals surface area contributed by atoms with Gasteiger partial charge in [-0.15, -0.1) is 0 Å². The molecule has 0 aliphatic carbocycles. The summed E-state index contributed by atoms with van der Waals surface area (Å²) in [6.07, 6.45) is 29.5. The van der Waals surface area contributed by atoms with Gasteiger partial charge in [0.05, 0.1) is 210 Å². The SMILES string of the molecule is C[C@H]1CC(N=[N+]=[N-])[C@@H](COP(=O)(O)Nc2ccccn2)O1.C[C@H]1CC(N=[N+]=[N-])[C@@H](COP(=O)(O)Nc2cccnc2)O1.C[C@H]1CC[C@@H](COP(=O)(O)Nc2ccccn2)O1.C[C@H]1CC[C@@H](COP(=O)(O)Nc2ccccn2)O1.C[C@H]1CC[C@@H](COP(=O)(O)Nc2ccccn2)O1.C[C@H]1CC[C@@H](COP(=O)(O)Nc2cccnc2)O1.C[C@H]1CC[C@@H](COP(=O)(O)Nc2cccnc2)O1.C[C@H]1CC[C@@H](COP(=O)(O)Nc2cccnc2)O1. The second-order valence-electron chi connectivity index (χ2n) is 35.1. The second-order valence-corrected chi connectivity index (χ2v) is 47.3. The third kappa shape index (κ3) is 51.4. The lowest BCUT2D eigenvalue weighted by molar-refractivity contribution is 0.0200. The molecule has 150 heavy (non-hydrogen) atoms. The molecule has 828 valence electrons. The van der Waals surface area contributed by atoms with Crippen molar-refractivity contribution in [1.29, 1.82) is 0 Å². The molecule has 8 aromatic heterocycles. The van der Waals surface area contributed by atoms with E-state index >= 15 is 0 Å². The quantitative estimate of drug-likeness (QED) is 0.00731. The molecule has 0 aromatic carbocycles. The first-order valence-corrected chi connectivity index (χ1v) is 60.5. The van der Waals surface area contributed by atoms with E-state index in [1.807, 2.05) is 55.4 Å². The van der Waals surface area contributed by atoms with Crippen LogP contribution in [0.2, 0.25) is 0 Å². The predicted molar refractivity (Wildman–Crippen MR) is 554 cm³/mol. The van der Waals surface area contributed by atoms with Crippen molar-refractivity contribution in [2.24, 2.45) is 10.2 Å². The van der Waals surface area contributed by atoms with E-state index in [1.54, 1.807) is 146 Å². The zero-order chi connectivity index (χ0) is 109. The average molecular weight is 2260 g/mol. The molecule has 0 amide bonds. The highest BCUT2D eigenvalue weighted by molar-refractivity contribution is 7.56. The van der Waals surface area contributed by atoms with Gasteiger partial charge >= 0.3 is 62.0 Å². The summed E-state index contributed by atoms with van der Waals surface area (Å²) >= 11 is 0. The lowest BCUT2D eigenvalue weighted by atomic mass is 10.1. The van der Waals surface area contributed by atoms with Crippen molar-refractivity contribution in [3.05, 3.63) is 217 Å². The molecule has 10 unspecified atom stereocenters. The summed E-state index contributed by atoms with van der Waals surface area (Å²) in [5.41, 5.74) is 18.7. The summed E-state index contributed by atoms with van der Waals surface area (Å²) in [5, 5.41) is 26.3. The summed E-state index contributed by atoms with van der Waals surface area (Å²) < 4.78 is 178. The number of nitrogens with zero attached hydrogens (tertiary/aromatic N) is 14. The van der Waals surface area contributed by atoms with Crippen molar-refractivity contribution < 1.29 is 150 Å². The number of aromatic nitrogens is 8. The van der Waals surface area contributed by atoms with E-state index in [-0.39, 0.29) is 144 Å². The first kappa shape index (κ1) is 125. The maximum Gasteiger partial charge on any atom is 0.431 e. The van der Waals surface area contributed by atoms with E-state index in [0.717, 1.165) is 77.0 Å². The maximum atomic E-state index is 11.9. The molecule has 8 aromatic rings. The number of rotatable bonds is 42. The van der Waals surface area contributed by atoms with Crippen LogP contribution >= 0.6 is 62.0 Å². The van der Waals surface area contributed by atoms with Gasteiger partial charge in [-0.1, -0.05) is 34.5 Å². The number of azide groups is 2. The molecule has 26 atom stereocenters. The third-order valence-corrected chi connectivity index (χ3v) is 30.2. The molecule has 0 spiro atoms. The van der Waals surface area contributed by atoms with Crippen LogP contribution in [-0.2, 0) is 111 Å². The van der Waals surface area contributed by atoms with Crippen LogP contribution in [-0.4, -0.2) is 242 Å². The van der Waals surface area contributed by atoms with Crippen molar-refractivity contribution in [3.8, 4) is 0 Å². The van der Waals surface area contributed by atoms with Gasteiger partial charge in [0.25, 0.3) is 0 Å². The fourth-order valence-corrected chi connectivity index (χ4v) is 21.9. The average Bonchev–Trinajstić information content (AvgIpc) is 1.71. The van der Waals surface area contributed by atoms with Crippen LogP contribution in [0.5, 0.6) is 0 Å². The third-order valence-electron chi connectivity index (χ3n) is 22.0. The van der Waals surface area contributed by atoms with E-state index < -0.39 is 86.3 Å².